The van der Waals surface area contributed by atoms with Gasteiger partial charge in [0.15, 0.2) is 5.78 Å². The van der Waals surface area contributed by atoms with Gasteiger partial charge in [0.1, 0.15) is 5.00 Å². The molecule has 1 aromatic heterocycles. The number of hydrogen-bond acceptors (Lipinski definition) is 5. The van der Waals surface area contributed by atoms with Crippen molar-refractivity contribution in [1.29, 1.82) is 0 Å². The molecule has 5 heteroatoms. The molecule has 116 valence electrons. The summed E-state index contributed by atoms with van der Waals surface area (Å²) in [6, 6.07) is 0. The van der Waals surface area contributed by atoms with Gasteiger partial charge in [-0.3, -0.25) is 4.79 Å². The molecule has 2 fully saturated rings. The Morgan fingerprint density at radius 3 is 2.62 bits per heavy atom. The predicted molar refractivity (Wildman–Crippen MR) is 92.6 cm³/mol. The third-order valence-electron chi connectivity index (χ3n) is 4.79. The number of anilines is 2. The minimum absolute atomic E-state index is 0.00487. The fraction of sp³-hybridized carbons (Fsp3) is 0.688. The Bertz CT molecular complexity index is 557. The molecule has 3 N–H and O–H groups in total. The molecule has 2 saturated carbocycles. The van der Waals surface area contributed by atoms with E-state index in [1.54, 1.807) is 23.1 Å². The standard InChI is InChI=1S/C16H24N2OS2/c1-9(2)12(19)13-11(17)14(20-3)15(21-13)18-8-16(6-7-16)10-4-5-10/h9-10,18H,4-8,17H2,1-3H3. The van der Waals surface area contributed by atoms with E-state index in [-0.39, 0.29) is 11.7 Å². The summed E-state index contributed by atoms with van der Waals surface area (Å²) >= 11 is 3.18. The Hall–Kier alpha value is -0.680. The van der Waals surface area contributed by atoms with Crippen molar-refractivity contribution in [3.05, 3.63) is 4.88 Å². The van der Waals surface area contributed by atoms with Crippen molar-refractivity contribution in [2.24, 2.45) is 17.3 Å². The number of nitrogens with one attached hydrogen (secondary N) is 1. The predicted octanol–water partition coefficient (Wildman–Crippen LogP) is 4.49. The Labute approximate surface area is 135 Å². The Morgan fingerprint density at radius 1 is 1.48 bits per heavy atom. The molecular weight excluding hydrogens is 300 g/mol. The number of rotatable bonds is 7. The lowest BCUT2D eigenvalue weighted by molar-refractivity contribution is 0.0944. The Balaban J connectivity index is 1.77. The first-order valence-electron chi connectivity index (χ1n) is 7.73. The smallest absolute Gasteiger partial charge is 0.177 e. The highest BCUT2D eigenvalue weighted by molar-refractivity contribution is 7.99. The van der Waals surface area contributed by atoms with Crippen molar-refractivity contribution in [3.63, 3.8) is 0 Å². The third kappa shape index (κ3) is 2.82. The molecule has 0 aromatic carbocycles. The van der Waals surface area contributed by atoms with Crippen LogP contribution in [0.1, 0.15) is 49.2 Å². The molecule has 2 aliphatic rings. The topological polar surface area (TPSA) is 55.1 Å². The maximum absolute atomic E-state index is 12.3. The van der Waals surface area contributed by atoms with Crippen LogP contribution in [0.5, 0.6) is 0 Å². The molecule has 0 amide bonds. The van der Waals surface area contributed by atoms with E-state index < -0.39 is 0 Å². The number of ketones is 1. The van der Waals surface area contributed by atoms with Crippen LogP contribution in [0.25, 0.3) is 0 Å². The molecule has 0 atom stereocenters. The molecule has 0 saturated heterocycles. The van der Waals surface area contributed by atoms with Gasteiger partial charge in [-0.1, -0.05) is 13.8 Å². The van der Waals surface area contributed by atoms with Crippen molar-refractivity contribution in [3.8, 4) is 0 Å². The molecule has 0 unspecified atom stereocenters. The molecule has 1 aromatic rings. The number of Topliss-reactive ketones (excluding diaryl/α,β-unsaturated/α-hetero) is 1. The van der Waals surface area contributed by atoms with Crippen LogP contribution < -0.4 is 11.1 Å². The first kappa shape index (κ1) is 15.2. The van der Waals surface area contributed by atoms with Crippen LogP contribution in [0, 0.1) is 17.3 Å². The summed E-state index contributed by atoms with van der Waals surface area (Å²) in [5.74, 6) is 1.09. The van der Waals surface area contributed by atoms with Crippen molar-refractivity contribution in [2.45, 2.75) is 44.4 Å². The SMILES string of the molecule is CSc1c(NCC2(C3CC3)CC2)sc(C(=O)C(C)C)c1N. The molecule has 3 nitrogen and oxygen atoms in total. The van der Waals surface area contributed by atoms with Crippen LogP contribution in [-0.4, -0.2) is 18.6 Å². The van der Waals surface area contributed by atoms with E-state index in [4.69, 9.17) is 5.73 Å². The quantitative estimate of drug-likeness (QED) is 0.573. The number of nitrogen functional groups attached to an aromatic ring is 1. The zero-order chi connectivity index (χ0) is 15.2. The van der Waals surface area contributed by atoms with Crippen LogP contribution in [0.3, 0.4) is 0 Å². The van der Waals surface area contributed by atoms with Gasteiger partial charge in [0.25, 0.3) is 0 Å². The van der Waals surface area contributed by atoms with Crippen LogP contribution >= 0.6 is 23.1 Å². The second-order valence-corrected chi connectivity index (χ2v) is 8.55. The second kappa shape index (κ2) is 5.51. The first-order chi connectivity index (χ1) is 9.98. The van der Waals surface area contributed by atoms with E-state index >= 15 is 0 Å². The lowest BCUT2D eigenvalue weighted by Gasteiger charge is -2.15. The lowest BCUT2D eigenvalue weighted by atomic mass is 10.0. The number of nitrogens with two attached hydrogens (primary N) is 1. The number of hydrogen-bond donors (Lipinski definition) is 2. The van der Waals surface area contributed by atoms with E-state index in [0.717, 1.165) is 27.2 Å². The number of thiophene rings is 1. The van der Waals surface area contributed by atoms with E-state index in [1.165, 1.54) is 25.7 Å². The van der Waals surface area contributed by atoms with Gasteiger partial charge < -0.3 is 11.1 Å². The third-order valence-corrected chi connectivity index (χ3v) is 6.93. The molecule has 0 bridgehead atoms. The van der Waals surface area contributed by atoms with Crippen molar-refractivity contribution >= 4 is 39.6 Å². The molecule has 0 aliphatic heterocycles. The fourth-order valence-corrected chi connectivity index (χ4v) is 5.15. The monoisotopic (exact) mass is 324 g/mol. The summed E-state index contributed by atoms with van der Waals surface area (Å²) in [4.78, 5) is 14.1. The van der Waals surface area contributed by atoms with E-state index in [1.807, 2.05) is 20.1 Å². The summed E-state index contributed by atoms with van der Waals surface area (Å²) in [5, 5.41) is 4.70. The first-order valence-corrected chi connectivity index (χ1v) is 9.77. The molecule has 3 rings (SSSR count). The Kier molecular flexibility index (Phi) is 3.99. The van der Waals surface area contributed by atoms with Crippen LogP contribution in [0.2, 0.25) is 0 Å². The highest BCUT2D eigenvalue weighted by atomic mass is 32.2. The number of carbonyl (C=O) groups is 1. The fourth-order valence-electron chi connectivity index (χ4n) is 3.03. The van der Waals surface area contributed by atoms with Crippen molar-refractivity contribution < 1.29 is 4.79 Å². The molecule has 2 aliphatic carbocycles. The van der Waals surface area contributed by atoms with E-state index in [9.17, 15) is 4.79 Å². The van der Waals surface area contributed by atoms with Crippen LogP contribution in [0.4, 0.5) is 10.7 Å². The maximum atomic E-state index is 12.3. The van der Waals surface area contributed by atoms with Gasteiger partial charge in [-0.05, 0) is 43.3 Å². The molecular formula is C16H24N2OS2. The molecule has 1 heterocycles. The number of thioether (sulfide) groups is 1. The van der Waals surface area contributed by atoms with Gasteiger partial charge in [-0.15, -0.1) is 23.1 Å². The van der Waals surface area contributed by atoms with E-state index in [0.29, 0.717) is 11.1 Å². The van der Waals surface area contributed by atoms with Crippen LogP contribution in [-0.2, 0) is 0 Å². The average molecular weight is 325 g/mol. The minimum Gasteiger partial charge on any atom is -0.396 e. The van der Waals surface area contributed by atoms with Crippen LogP contribution in [0.15, 0.2) is 4.90 Å². The molecule has 0 spiro atoms. The van der Waals surface area contributed by atoms with Gasteiger partial charge in [0.2, 0.25) is 0 Å². The maximum Gasteiger partial charge on any atom is 0.177 e. The van der Waals surface area contributed by atoms with Crippen molar-refractivity contribution in [2.75, 3.05) is 23.9 Å². The highest BCUT2D eigenvalue weighted by Crippen LogP contribution is 2.61. The van der Waals surface area contributed by atoms with Gasteiger partial charge >= 0.3 is 0 Å². The second-order valence-electron chi connectivity index (χ2n) is 6.72. The average Bonchev–Trinajstić information content (AvgIpc) is 3.33. The zero-order valence-corrected chi connectivity index (χ0v) is 14.6. The van der Waals surface area contributed by atoms with E-state index in [2.05, 4.69) is 5.32 Å². The zero-order valence-electron chi connectivity index (χ0n) is 13.0. The number of carbonyl (C=O) groups excluding carboxylic acids is 1. The van der Waals surface area contributed by atoms with Gasteiger partial charge in [0.05, 0.1) is 15.5 Å². The summed E-state index contributed by atoms with van der Waals surface area (Å²) < 4.78 is 0. The van der Waals surface area contributed by atoms with Gasteiger partial charge in [-0.2, -0.15) is 0 Å². The van der Waals surface area contributed by atoms with Gasteiger partial charge in [-0.25, -0.2) is 0 Å². The molecule has 0 radical (unpaired) electrons. The summed E-state index contributed by atoms with van der Waals surface area (Å²) in [6.07, 6.45) is 7.55. The van der Waals surface area contributed by atoms with Crippen molar-refractivity contribution in [1.82, 2.24) is 0 Å². The largest absolute Gasteiger partial charge is 0.396 e. The molecule has 21 heavy (non-hydrogen) atoms. The summed E-state index contributed by atoms with van der Waals surface area (Å²) in [5.41, 5.74) is 7.43. The lowest BCUT2D eigenvalue weighted by Crippen LogP contribution is -2.17. The summed E-state index contributed by atoms with van der Waals surface area (Å²) in [6.45, 7) is 4.90. The Morgan fingerprint density at radius 2 is 2.14 bits per heavy atom. The summed E-state index contributed by atoms with van der Waals surface area (Å²) in [7, 11) is 0. The minimum atomic E-state index is -0.00487. The van der Waals surface area contributed by atoms with Gasteiger partial charge in [0, 0.05) is 12.5 Å². The normalized spacial score (nSPS) is 19.8. The highest BCUT2D eigenvalue weighted by Gasteiger charge is 2.53.